The van der Waals surface area contributed by atoms with Gasteiger partial charge in [0.25, 0.3) is 0 Å². The average molecular weight is 250 g/mol. The first-order valence-corrected chi connectivity index (χ1v) is 5.99. The number of rotatable bonds is 4. The number of carboxylic acid groups (broad SMARTS) is 1. The number of hydrogen-bond acceptors (Lipinski definition) is 1. The Morgan fingerprint density at radius 1 is 0.789 bits per heavy atom. The SMILES string of the molecule is O=C(O)c1ccc(C=CC=Cc2ccccc2)cc1. The predicted molar refractivity (Wildman–Crippen MR) is 77.9 cm³/mol. The lowest BCUT2D eigenvalue weighted by molar-refractivity contribution is 0.0697. The number of carboxylic acids is 1. The van der Waals surface area contributed by atoms with E-state index in [1.165, 1.54) is 0 Å². The summed E-state index contributed by atoms with van der Waals surface area (Å²) in [4.78, 5) is 10.7. The summed E-state index contributed by atoms with van der Waals surface area (Å²) in [7, 11) is 0. The number of allylic oxidation sites excluding steroid dienone is 2. The van der Waals surface area contributed by atoms with Gasteiger partial charge in [-0.1, -0.05) is 66.8 Å². The topological polar surface area (TPSA) is 37.3 Å². The molecular formula is C17H14O2. The molecule has 0 aromatic heterocycles. The van der Waals surface area contributed by atoms with Gasteiger partial charge in [-0.3, -0.25) is 0 Å². The Balaban J connectivity index is 1.99. The Morgan fingerprint density at radius 2 is 1.32 bits per heavy atom. The summed E-state index contributed by atoms with van der Waals surface area (Å²) in [6.45, 7) is 0. The van der Waals surface area contributed by atoms with Gasteiger partial charge in [-0.05, 0) is 23.3 Å². The summed E-state index contributed by atoms with van der Waals surface area (Å²) in [6.07, 6.45) is 7.84. The molecule has 2 rings (SSSR count). The highest BCUT2D eigenvalue weighted by molar-refractivity contribution is 5.87. The maximum atomic E-state index is 10.7. The molecule has 1 N–H and O–H groups in total. The highest BCUT2D eigenvalue weighted by Gasteiger charge is 1.99. The fraction of sp³-hybridized carbons (Fsp3) is 0. The molecule has 0 aliphatic rings. The minimum absolute atomic E-state index is 0.303. The zero-order valence-electron chi connectivity index (χ0n) is 10.4. The van der Waals surface area contributed by atoms with Crippen LogP contribution in [0, 0.1) is 0 Å². The van der Waals surface area contributed by atoms with Gasteiger partial charge in [0.15, 0.2) is 0 Å². The fourth-order valence-electron chi connectivity index (χ4n) is 1.63. The van der Waals surface area contributed by atoms with Crippen molar-refractivity contribution in [3.8, 4) is 0 Å². The molecule has 2 heteroatoms. The first-order chi connectivity index (χ1) is 9.25. The standard InChI is InChI=1S/C17H14O2/c18-17(19)16-12-10-15(11-13-16)9-5-4-8-14-6-2-1-3-7-14/h1-13H,(H,18,19). The predicted octanol–water partition coefficient (Wildman–Crippen LogP) is 4.11. The lowest BCUT2D eigenvalue weighted by Gasteiger charge is -1.95. The van der Waals surface area contributed by atoms with Crippen molar-refractivity contribution in [2.75, 3.05) is 0 Å². The second-order valence-electron chi connectivity index (χ2n) is 4.06. The van der Waals surface area contributed by atoms with Crippen molar-refractivity contribution in [3.63, 3.8) is 0 Å². The lowest BCUT2D eigenvalue weighted by atomic mass is 10.1. The summed E-state index contributed by atoms with van der Waals surface area (Å²) in [6, 6.07) is 16.8. The first kappa shape index (κ1) is 12.8. The van der Waals surface area contributed by atoms with E-state index < -0.39 is 5.97 Å². The zero-order valence-corrected chi connectivity index (χ0v) is 10.4. The third-order valence-corrected chi connectivity index (χ3v) is 2.65. The molecule has 19 heavy (non-hydrogen) atoms. The Bertz CT molecular complexity index is 593. The van der Waals surface area contributed by atoms with Crippen LogP contribution in [0.2, 0.25) is 0 Å². The van der Waals surface area contributed by atoms with Gasteiger partial charge in [-0.15, -0.1) is 0 Å². The van der Waals surface area contributed by atoms with E-state index in [1.54, 1.807) is 24.3 Å². The van der Waals surface area contributed by atoms with Gasteiger partial charge in [0.2, 0.25) is 0 Å². The molecule has 2 nitrogen and oxygen atoms in total. The molecule has 0 aliphatic carbocycles. The molecule has 0 spiro atoms. The van der Waals surface area contributed by atoms with Crippen molar-refractivity contribution < 1.29 is 9.90 Å². The summed E-state index contributed by atoms with van der Waals surface area (Å²) in [5.41, 5.74) is 2.42. The van der Waals surface area contributed by atoms with Gasteiger partial charge in [-0.25, -0.2) is 4.79 Å². The number of aromatic carboxylic acids is 1. The second-order valence-corrected chi connectivity index (χ2v) is 4.06. The van der Waals surface area contributed by atoms with Crippen LogP contribution in [-0.2, 0) is 0 Å². The van der Waals surface area contributed by atoms with Gasteiger partial charge in [-0.2, -0.15) is 0 Å². The molecule has 0 radical (unpaired) electrons. The van der Waals surface area contributed by atoms with Crippen LogP contribution in [0.25, 0.3) is 12.2 Å². The van der Waals surface area contributed by atoms with Crippen LogP contribution in [0.1, 0.15) is 21.5 Å². The van der Waals surface area contributed by atoms with Crippen molar-refractivity contribution >= 4 is 18.1 Å². The molecule has 0 amide bonds. The summed E-state index contributed by atoms with van der Waals surface area (Å²) in [5.74, 6) is -0.903. The highest BCUT2D eigenvalue weighted by atomic mass is 16.4. The van der Waals surface area contributed by atoms with E-state index in [0.29, 0.717) is 5.56 Å². The molecule has 0 atom stereocenters. The van der Waals surface area contributed by atoms with E-state index in [4.69, 9.17) is 5.11 Å². The van der Waals surface area contributed by atoms with Crippen LogP contribution in [0.15, 0.2) is 66.7 Å². The van der Waals surface area contributed by atoms with Gasteiger partial charge >= 0.3 is 5.97 Å². The number of benzene rings is 2. The van der Waals surface area contributed by atoms with E-state index in [1.807, 2.05) is 54.6 Å². The third-order valence-electron chi connectivity index (χ3n) is 2.65. The van der Waals surface area contributed by atoms with Crippen LogP contribution in [-0.4, -0.2) is 11.1 Å². The Hall–Kier alpha value is -2.61. The number of carbonyl (C=O) groups is 1. The molecule has 0 unspecified atom stereocenters. The lowest BCUT2D eigenvalue weighted by Crippen LogP contribution is -1.94. The Morgan fingerprint density at radius 3 is 1.84 bits per heavy atom. The second kappa shape index (κ2) is 6.36. The van der Waals surface area contributed by atoms with Gasteiger partial charge in [0.05, 0.1) is 5.56 Å². The Labute approximate surface area is 112 Å². The molecule has 0 heterocycles. The monoisotopic (exact) mass is 250 g/mol. The molecule has 0 aliphatic heterocycles. The summed E-state index contributed by atoms with van der Waals surface area (Å²) in [5, 5.41) is 8.79. The van der Waals surface area contributed by atoms with Crippen molar-refractivity contribution in [1.29, 1.82) is 0 Å². The minimum Gasteiger partial charge on any atom is -0.478 e. The molecule has 0 saturated heterocycles. The quantitative estimate of drug-likeness (QED) is 0.829. The van der Waals surface area contributed by atoms with Crippen LogP contribution in [0.3, 0.4) is 0 Å². The fourth-order valence-corrected chi connectivity index (χ4v) is 1.63. The molecule has 2 aromatic carbocycles. The van der Waals surface area contributed by atoms with Gasteiger partial charge in [0.1, 0.15) is 0 Å². The van der Waals surface area contributed by atoms with E-state index in [0.717, 1.165) is 11.1 Å². The van der Waals surface area contributed by atoms with E-state index in [2.05, 4.69) is 0 Å². The van der Waals surface area contributed by atoms with Gasteiger partial charge < -0.3 is 5.11 Å². The normalized spacial score (nSPS) is 11.2. The van der Waals surface area contributed by atoms with Crippen molar-refractivity contribution in [3.05, 3.63) is 83.4 Å². The van der Waals surface area contributed by atoms with E-state index >= 15 is 0 Å². The molecule has 0 fully saturated rings. The maximum absolute atomic E-state index is 10.7. The molecule has 0 saturated carbocycles. The largest absolute Gasteiger partial charge is 0.478 e. The third kappa shape index (κ3) is 3.96. The summed E-state index contributed by atoms with van der Waals surface area (Å²) < 4.78 is 0. The van der Waals surface area contributed by atoms with Crippen LogP contribution in [0.5, 0.6) is 0 Å². The zero-order chi connectivity index (χ0) is 13.5. The molecule has 94 valence electrons. The van der Waals surface area contributed by atoms with Crippen LogP contribution >= 0.6 is 0 Å². The maximum Gasteiger partial charge on any atom is 0.335 e. The molecule has 0 bridgehead atoms. The Kier molecular flexibility index (Phi) is 4.29. The summed E-state index contributed by atoms with van der Waals surface area (Å²) >= 11 is 0. The van der Waals surface area contributed by atoms with Crippen LogP contribution in [0.4, 0.5) is 0 Å². The van der Waals surface area contributed by atoms with Crippen molar-refractivity contribution in [2.24, 2.45) is 0 Å². The average Bonchev–Trinajstić information content (AvgIpc) is 2.45. The highest BCUT2D eigenvalue weighted by Crippen LogP contribution is 2.07. The first-order valence-electron chi connectivity index (χ1n) is 5.99. The van der Waals surface area contributed by atoms with Crippen molar-refractivity contribution in [1.82, 2.24) is 0 Å². The molecular weight excluding hydrogens is 236 g/mol. The van der Waals surface area contributed by atoms with Crippen molar-refractivity contribution in [2.45, 2.75) is 0 Å². The van der Waals surface area contributed by atoms with E-state index in [9.17, 15) is 4.79 Å². The van der Waals surface area contributed by atoms with E-state index in [-0.39, 0.29) is 0 Å². The smallest absolute Gasteiger partial charge is 0.335 e. The molecule has 2 aromatic rings. The number of hydrogen-bond donors (Lipinski definition) is 1. The van der Waals surface area contributed by atoms with Crippen LogP contribution < -0.4 is 0 Å². The minimum atomic E-state index is -0.903. The van der Waals surface area contributed by atoms with Gasteiger partial charge in [0, 0.05) is 0 Å².